The summed E-state index contributed by atoms with van der Waals surface area (Å²) in [6.07, 6.45) is 3.95. The van der Waals surface area contributed by atoms with Gasteiger partial charge in [0.15, 0.2) is 18.1 Å². The lowest BCUT2D eigenvalue weighted by Gasteiger charge is -2.23. The lowest BCUT2D eigenvalue weighted by atomic mass is 10.0. The number of ether oxygens (including phenoxy) is 1. The summed E-state index contributed by atoms with van der Waals surface area (Å²) >= 11 is 0. The molecule has 202 valence electrons. The molecule has 0 bridgehead atoms. The Morgan fingerprint density at radius 1 is 1.00 bits per heavy atom. The minimum atomic E-state index is -0.223. The van der Waals surface area contributed by atoms with Crippen LogP contribution in [0.25, 0.3) is 33.5 Å². The molecule has 2 fully saturated rings. The molecule has 40 heavy (non-hydrogen) atoms. The van der Waals surface area contributed by atoms with E-state index in [-0.39, 0.29) is 18.2 Å². The summed E-state index contributed by atoms with van der Waals surface area (Å²) in [6.45, 7) is 4.92. The second-order valence-corrected chi connectivity index (χ2v) is 10.0. The molecule has 5 aromatic rings. The number of nitrogens with zero attached hydrogens (tertiary/aromatic N) is 5. The number of benzene rings is 2. The van der Waals surface area contributed by atoms with Crippen LogP contribution in [0.2, 0.25) is 0 Å². The fourth-order valence-corrected chi connectivity index (χ4v) is 5.23. The van der Waals surface area contributed by atoms with Gasteiger partial charge in [-0.2, -0.15) is 0 Å². The average molecular weight is 537 g/mol. The fourth-order valence-electron chi connectivity index (χ4n) is 5.23. The largest absolute Gasteiger partial charge is 0.466 e. The maximum Gasteiger partial charge on any atom is 0.225 e. The number of nitrogens with one attached hydrogen (secondary N) is 1. The third kappa shape index (κ3) is 4.77. The average Bonchev–Trinajstić information content (AvgIpc) is 3.39. The van der Waals surface area contributed by atoms with Crippen molar-refractivity contribution in [2.24, 2.45) is 0 Å². The van der Waals surface area contributed by atoms with Crippen LogP contribution in [-0.2, 0) is 9.53 Å². The number of amides is 1. The number of rotatable bonds is 6. The molecule has 0 spiro atoms. The first-order valence-corrected chi connectivity index (χ1v) is 13.4. The van der Waals surface area contributed by atoms with E-state index in [9.17, 15) is 4.79 Å². The normalized spacial score (nSPS) is 19.0. The number of anilines is 2. The van der Waals surface area contributed by atoms with Crippen molar-refractivity contribution in [1.29, 1.82) is 0 Å². The Labute approximate surface area is 230 Å². The number of carbonyl (C=O) groups is 1. The molecule has 0 radical (unpaired) electrons. The molecule has 2 aliphatic heterocycles. The van der Waals surface area contributed by atoms with Crippen LogP contribution in [0, 0.1) is 0 Å². The highest BCUT2D eigenvalue weighted by Crippen LogP contribution is 2.39. The molecule has 10 nitrogen and oxygen atoms in total. The van der Waals surface area contributed by atoms with Crippen molar-refractivity contribution in [1.82, 2.24) is 20.0 Å². The zero-order chi connectivity index (χ0) is 27.1. The molecule has 2 aromatic carbocycles. The molecule has 1 N–H and O–H groups in total. The predicted octanol–water partition coefficient (Wildman–Crippen LogP) is 5.11. The van der Waals surface area contributed by atoms with Gasteiger partial charge in [-0.3, -0.25) is 4.79 Å². The quantitative estimate of drug-likeness (QED) is 0.296. The molecule has 5 heterocycles. The Morgan fingerprint density at radius 2 is 1.88 bits per heavy atom. The summed E-state index contributed by atoms with van der Waals surface area (Å²) in [4.78, 5) is 25.1. The Morgan fingerprint density at radius 3 is 2.70 bits per heavy atom. The molecule has 2 aliphatic rings. The second kappa shape index (κ2) is 10.1. The molecule has 1 amide bonds. The Hall–Kier alpha value is -4.70. The number of carbonyl (C=O) groups excluding carboxylic acids is 1. The lowest BCUT2D eigenvalue weighted by molar-refractivity contribution is -0.128. The Bertz CT molecular complexity index is 1650. The van der Waals surface area contributed by atoms with Crippen LogP contribution in [-0.4, -0.2) is 58.3 Å². The predicted molar refractivity (Wildman–Crippen MR) is 149 cm³/mol. The van der Waals surface area contributed by atoms with E-state index < -0.39 is 0 Å². The van der Waals surface area contributed by atoms with Gasteiger partial charge in [-0.25, -0.2) is 9.97 Å². The minimum absolute atomic E-state index is 0.138. The summed E-state index contributed by atoms with van der Waals surface area (Å²) in [5.41, 5.74) is 4.56. The number of fused-ring (bicyclic) bond motifs is 1. The molecule has 0 aliphatic carbocycles. The van der Waals surface area contributed by atoms with Gasteiger partial charge in [0.2, 0.25) is 11.9 Å². The highest BCUT2D eigenvalue weighted by molar-refractivity contribution is 5.94. The van der Waals surface area contributed by atoms with E-state index in [0.717, 1.165) is 71.8 Å². The van der Waals surface area contributed by atoms with E-state index in [0.29, 0.717) is 11.7 Å². The van der Waals surface area contributed by atoms with E-state index >= 15 is 0 Å². The molecular formula is C30H28N6O4. The first-order valence-electron chi connectivity index (χ1n) is 13.4. The molecule has 3 aromatic heterocycles. The van der Waals surface area contributed by atoms with Gasteiger partial charge in [-0.15, -0.1) is 0 Å². The zero-order valence-corrected chi connectivity index (χ0v) is 22.0. The third-order valence-corrected chi connectivity index (χ3v) is 7.45. The van der Waals surface area contributed by atoms with Gasteiger partial charge in [0, 0.05) is 56.1 Å². The van der Waals surface area contributed by atoms with Crippen molar-refractivity contribution < 1.29 is 18.5 Å². The van der Waals surface area contributed by atoms with Crippen LogP contribution in [0.3, 0.4) is 0 Å². The van der Waals surface area contributed by atoms with Crippen LogP contribution in [0.5, 0.6) is 0 Å². The molecule has 2 atom stereocenters. The van der Waals surface area contributed by atoms with Crippen LogP contribution in [0.4, 0.5) is 11.6 Å². The van der Waals surface area contributed by atoms with Crippen molar-refractivity contribution in [2.75, 3.05) is 36.4 Å². The summed E-state index contributed by atoms with van der Waals surface area (Å²) in [5.74, 6) is 2.11. The van der Waals surface area contributed by atoms with Crippen LogP contribution in [0.1, 0.15) is 25.2 Å². The smallest absolute Gasteiger partial charge is 0.225 e. The summed E-state index contributed by atoms with van der Waals surface area (Å²) in [5, 5.41) is 8.41. The summed E-state index contributed by atoms with van der Waals surface area (Å²) < 4.78 is 16.9. The van der Waals surface area contributed by atoms with Gasteiger partial charge in [0.1, 0.15) is 11.3 Å². The SMILES string of the molecule is CC(=O)N1CCCN(c2ccc(-c3onc4ccc(-c5ccnc(NC6OC6c6ccco6)n5)cc34)cc2)CC1. The van der Waals surface area contributed by atoms with Gasteiger partial charge in [0.05, 0.1) is 17.3 Å². The Balaban J connectivity index is 1.10. The highest BCUT2D eigenvalue weighted by atomic mass is 16.6. The van der Waals surface area contributed by atoms with Gasteiger partial charge in [-0.1, -0.05) is 11.2 Å². The maximum absolute atomic E-state index is 11.8. The number of epoxide rings is 1. The summed E-state index contributed by atoms with van der Waals surface area (Å²) in [7, 11) is 0. The van der Waals surface area contributed by atoms with Gasteiger partial charge in [-0.05, 0) is 61.0 Å². The van der Waals surface area contributed by atoms with Crippen molar-refractivity contribution in [3.63, 3.8) is 0 Å². The molecular weight excluding hydrogens is 508 g/mol. The molecule has 2 saturated heterocycles. The first kappa shape index (κ1) is 24.3. The summed E-state index contributed by atoms with van der Waals surface area (Å²) in [6, 6.07) is 19.9. The topological polar surface area (TPSA) is 113 Å². The molecule has 2 unspecified atom stereocenters. The van der Waals surface area contributed by atoms with E-state index in [2.05, 4.69) is 44.6 Å². The highest BCUT2D eigenvalue weighted by Gasteiger charge is 2.43. The van der Waals surface area contributed by atoms with Crippen LogP contribution < -0.4 is 10.2 Å². The van der Waals surface area contributed by atoms with Crippen molar-refractivity contribution in [3.05, 3.63) is 78.9 Å². The Kier molecular flexibility index (Phi) is 6.16. The molecule has 0 saturated carbocycles. The number of furan rings is 1. The van der Waals surface area contributed by atoms with Gasteiger partial charge < -0.3 is 28.8 Å². The van der Waals surface area contributed by atoms with Crippen molar-refractivity contribution in [3.8, 4) is 22.6 Å². The van der Waals surface area contributed by atoms with E-state index in [1.54, 1.807) is 19.4 Å². The maximum atomic E-state index is 11.8. The minimum Gasteiger partial charge on any atom is -0.466 e. The van der Waals surface area contributed by atoms with Gasteiger partial charge >= 0.3 is 0 Å². The number of hydrogen-bond donors (Lipinski definition) is 1. The molecule has 7 rings (SSSR count). The van der Waals surface area contributed by atoms with E-state index in [4.69, 9.17) is 18.7 Å². The monoisotopic (exact) mass is 536 g/mol. The first-order chi connectivity index (χ1) is 19.6. The fraction of sp³-hybridized carbons (Fsp3) is 0.267. The lowest BCUT2D eigenvalue weighted by Crippen LogP contribution is -2.33. The van der Waals surface area contributed by atoms with E-state index in [1.165, 1.54) is 0 Å². The zero-order valence-electron chi connectivity index (χ0n) is 22.0. The standard InChI is InChI=1S/C30H28N6O4/c1-19(37)35-13-3-14-36(16-15-35)22-8-5-20(6-9-22)27-23-18-21(7-10-25(23)34-40-27)24-11-12-31-30(32-24)33-29-28(39-29)26-4-2-17-38-26/h2,4-12,17-18,28-29H,3,13-16H2,1H3,(H,31,32,33). The molecule has 10 heteroatoms. The number of aromatic nitrogens is 3. The van der Waals surface area contributed by atoms with E-state index in [1.807, 2.05) is 41.3 Å². The van der Waals surface area contributed by atoms with Crippen molar-refractivity contribution >= 4 is 28.4 Å². The second-order valence-electron chi connectivity index (χ2n) is 10.0. The van der Waals surface area contributed by atoms with Crippen LogP contribution in [0.15, 0.2) is 82.1 Å². The number of hydrogen-bond acceptors (Lipinski definition) is 9. The van der Waals surface area contributed by atoms with Crippen LogP contribution >= 0.6 is 0 Å². The van der Waals surface area contributed by atoms with Gasteiger partial charge in [0.25, 0.3) is 0 Å². The van der Waals surface area contributed by atoms with Crippen molar-refractivity contribution in [2.45, 2.75) is 25.7 Å². The third-order valence-electron chi connectivity index (χ3n) is 7.45.